The van der Waals surface area contributed by atoms with Gasteiger partial charge in [0.15, 0.2) is 17.5 Å². The van der Waals surface area contributed by atoms with Gasteiger partial charge < -0.3 is 4.57 Å². The van der Waals surface area contributed by atoms with Crippen LogP contribution in [0.1, 0.15) is 0 Å². The molecule has 0 radical (unpaired) electrons. The standard InChI is InChI=1S/C55H34N4S/c1-3-16-35(17-4-1)38-31-30-37(34-50(38)59-48-27-12-9-22-42(48)43-23-10-13-28-49(43)59)54-56-53(36-18-5-2-6-19-36)57-55(58-54)47-33-32-41(39-20-7-8-21-40(39)47)45-25-15-26-46-44-24-11-14-29-51(44)60-52(45)46/h1-34H. The summed E-state index contributed by atoms with van der Waals surface area (Å²) in [5, 5.41) is 7.26. The number of hydrogen-bond donors (Lipinski definition) is 0. The minimum absolute atomic E-state index is 0.615. The predicted octanol–water partition coefficient (Wildman–Crippen LogP) is 14.8. The molecule has 0 aliphatic rings. The van der Waals surface area contributed by atoms with Gasteiger partial charge in [0.1, 0.15) is 0 Å². The molecule has 0 aliphatic heterocycles. The zero-order valence-electron chi connectivity index (χ0n) is 32.3. The van der Waals surface area contributed by atoms with E-state index in [1.807, 2.05) is 29.5 Å². The van der Waals surface area contributed by atoms with E-state index in [9.17, 15) is 0 Å². The van der Waals surface area contributed by atoms with Crippen molar-refractivity contribution in [1.29, 1.82) is 0 Å². The highest BCUT2D eigenvalue weighted by atomic mass is 32.1. The summed E-state index contributed by atoms with van der Waals surface area (Å²) in [7, 11) is 0. The van der Waals surface area contributed by atoms with Crippen molar-refractivity contribution in [2.75, 3.05) is 0 Å². The van der Waals surface area contributed by atoms with E-state index in [2.05, 4.69) is 193 Å². The van der Waals surface area contributed by atoms with E-state index in [1.165, 1.54) is 42.1 Å². The Hall–Kier alpha value is -7.73. The lowest BCUT2D eigenvalue weighted by molar-refractivity contribution is 1.07. The van der Waals surface area contributed by atoms with Crippen LogP contribution in [0.4, 0.5) is 0 Å². The number of benzene rings is 9. The first-order valence-electron chi connectivity index (χ1n) is 20.2. The van der Waals surface area contributed by atoms with Gasteiger partial charge in [-0.1, -0.05) is 176 Å². The summed E-state index contributed by atoms with van der Waals surface area (Å²) in [4.78, 5) is 15.8. The molecule has 0 saturated carbocycles. The van der Waals surface area contributed by atoms with E-state index in [0.717, 1.165) is 55.3 Å². The quantitative estimate of drug-likeness (QED) is 0.169. The molecule has 4 nitrogen and oxygen atoms in total. The molecule has 60 heavy (non-hydrogen) atoms. The SMILES string of the molecule is c1ccc(-c2nc(-c3ccc(-c4ccccc4)c(-n4c5ccccc5c5ccccc54)c3)nc(-c3ccc(-c4cccc5c4sc4ccccc45)c4ccccc34)n2)cc1. The number of para-hydroxylation sites is 2. The third kappa shape index (κ3) is 5.55. The highest BCUT2D eigenvalue weighted by Gasteiger charge is 2.21. The summed E-state index contributed by atoms with van der Waals surface area (Å²) in [6.45, 7) is 0. The monoisotopic (exact) mass is 782 g/mol. The van der Waals surface area contributed by atoms with E-state index in [0.29, 0.717) is 17.5 Å². The molecule has 0 aliphatic carbocycles. The number of rotatable bonds is 6. The van der Waals surface area contributed by atoms with Crippen molar-refractivity contribution in [3.05, 3.63) is 206 Å². The number of aromatic nitrogens is 4. The van der Waals surface area contributed by atoms with Gasteiger partial charge in [0.25, 0.3) is 0 Å². The van der Waals surface area contributed by atoms with E-state index < -0.39 is 0 Å². The van der Waals surface area contributed by atoms with Gasteiger partial charge >= 0.3 is 0 Å². The van der Waals surface area contributed by atoms with E-state index >= 15 is 0 Å². The maximum Gasteiger partial charge on any atom is 0.164 e. The third-order valence-electron chi connectivity index (χ3n) is 11.7. The molecule has 3 aromatic heterocycles. The lowest BCUT2D eigenvalue weighted by atomic mass is 9.94. The van der Waals surface area contributed by atoms with Crippen LogP contribution < -0.4 is 0 Å². The third-order valence-corrected chi connectivity index (χ3v) is 12.9. The smallest absolute Gasteiger partial charge is 0.164 e. The molecule has 0 fully saturated rings. The Morgan fingerprint density at radius 1 is 0.317 bits per heavy atom. The number of fused-ring (bicyclic) bond motifs is 7. The second-order valence-electron chi connectivity index (χ2n) is 15.1. The Labute approximate surface area is 350 Å². The van der Waals surface area contributed by atoms with Crippen LogP contribution in [-0.4, -0.2) is 19.5 Å². The summed E-state index contributed by atoms with van der Waals surface area (Å²) >= 11 is 1.86. The topological polar surface area (TPSA) is 43.6 Å². The fraction of sp³-hybridized carbons (Fsp3) is 0. The van der Waals surface area contributed by atoms with Crippen LogP contribution in [-0.2, 0) is 0 Å². The highest BCUT2D eigenvalue weighted by Crippen LogP contribution is 2.44. The van der Waals surface area contributed by atoms with Crippen molar-refractivity contribution in [3.63, 3.8) is 0 Å². The summed E-state index contributed by atoms with van der Waals surface area (Å²) in [5.41, 5.74) is 10.8. The first-order valence-corrected chi connectivity index (χ1v) is 21.0. The molecule has 280 valence electrons. The number of nitrogens with zero attached hydrogens (tertiary/aromatic N) is 4. The zero-order valence-corrected chi connectivity index (χ0v) is 33.1. The first-order chi connectivity index (χ1) is 29.8. The van der Waals surface area contributed by atoms with Gasteiger partial charge in [0.2, 0.25) is 0 Å². The maximum atomic E-state index is 5.35. The van der Waals surface area contributed by atoms with E-state index in [-0.39, 0.29) is 0 Å². The summed E-state index contributed by atoms with van der Waals surface area (Å²) in [6, 6.07) is 73.2. The Kier molecular flexibility index (Phi) is 8.00. The van der Waals surface area contributed by atoms with Crippen molar-refractivity contribution in [2.45, 2.75) is 0 Å². The van der Waals surface area contributed by atoms with Gasteiger partial charge in [-0.25, -0.2) is 15.0 Å². The van der Waals surface area contributed by atoms with Crippen LogP contribution in [0.15, 0.2) is 206 Å². The Morgan fingerprint density at radius 2 is 0.833 bits per heavy atom. The van der Waals surface area contributed by atoms with Crippen LogP contribution in [0, 0.1) is 0 Å². The molecule has 0 atom stereocenters. The average molecular weight is 783 g/mol. The minimum atomic E-state index is 0.615. The lowest BCUT2D eigenvalue weighted by Crippen LogP contribution is -2.02. The molecule has 0 bridgehead atoms. The Morgan fingerprint density at radius 3 is 1.55 bits per heavy atom. The Balaban J connectivity index is 1.08. The number of thiophene rings is 1. The summed E-state index contributed by atoms with van der Waals surface area (Å²) in [5.74, 6) is 1.88. The lowest BCUT2D eigenvalue weighted by Gasteiger charge is -2.17. The van der Waals surface area contributed by atoms with Gasteiger partial charge in [0.05, 0.1) is 16.7 Å². The van der Waals surface area contributed by atoms with Crippen molar-refractivity contribution < 1.29 is 0 Å². The van der Waals surface area contributed by atoms with Crippen molar-refractivity contribution >= 4 is 64.1 Å². The second-order valence-corrected chi connectivity index (χ2v) is 16.2. The molecule has 0 spiro atoms. The van der Waals surface area contributed by atoms with Crippen molar-refractivity contribution in [3.8, 4) is 62.1 Å². The van der Waals surface area contributed by atoms with Gasteiger partial charge in [-0.05, 0) is 52.2 Å². The molecule has 0 N–H and O–H groups in total. The molecule has 0 saturated heterocycles. The molecule has 0 amide bonds. The van der Waals surface area contributed by atoms with Gasteiger partial charge in [-0.2, -0.15) is 0 Å². The zero-order chi connectivity index (χ0) is 39.6. The van der Waals surface area contributed by atoms with Crippen LogP contribution in [0.5, 0.6) is 0 Å². The fourth-order valence-electron chi connectivity index (χ4n) is 8.93. The van der Waals surface area contributed by atoms with Crippen LogP contribution >= 0.6 is 11.3 Å². The molecule has 0 unspecified atom stereocenters. The first kappa shape index (κ1) is 34.3. The average Bonchev–Trinajstić information content (AvgIpc) is 3.88. The van der Waals surface area contributed by atoms with Crippen LogP contribution in [0.2, 0.25) is 0 Å². The molecular weight excluding hydrogens is 749 g/mol. The van der Waals surface area contributed by atoms with Crippen molar-refractivity contribution in [1.82, 2.24) is 19.5 Å². The summed E-state index contributed by atoms with van der Waals surface area (Å²) in [6.07, 6.45) is 0. The molecule has 3 heterocycles. The molecule has 9 aromatic carbocycles. The highest BCUT2D eigenvalue weighted by molar-refractivity contribution is 7.26. The predicted molar refractivity (Wildman–Crippen MR) is 252 cm³/mol. The van der Waals surface area contributed by atoms with E-state index in [1.54, 1.807) is 0 Å². The molecular formula is C55H34N4S. The Bertz CT molecular complexity index is 3550. The van der Waals surface area contributed by atoms with Crippen LogP contribution in [0.3, 0.4) is 0 Å². The van der Waals surface area contributed by atoms with Gasteiger partial charge in [0, 0.05) is 58.8 Å². The van der Waals surface area contributed by atoms with Gasteiger partial charge in [-0.3, -0.25) is 0 Å². The van der Waals surface area contributed by atoms with E-state index in [4.69, 9.17) is 15.0 Å². The second kappa shape index (κ2) is 14.0. The molecule has 5 heteroatoms. The fourth-order valence-corrected chi connectivity index (χ4v) is 10.2. The normalized spacial score (nSPS) is 11.7. The molecule has 12 aromatic rings. The van der Waals surface area contributed by atoms with Crippen molar-refractivity contribution in [2.24, 2.45) is 0 Å². The summed E-state index contributed by atoms with van der Waals surface area (Å²) < 4.78 is 4.98. The minimum Gasteiger partial charge on any atom is -0.309 e. The van der Waals surface area contributed by atoms with Crippen LogP contribution in [0.25, 0.3) is 115 Å². The molecule has 12 rings (SSSR count). The maximum absolute atomic E-state index is 5.35. The number of hydrogen-bond acceptors (Lipinski definition) is 4. The van der Waals surface area contributed by atoms with Gasteiger partial charge in [-0.15, -0.1) is 11.3 Å². The largest absolute Gasteiger partial charge is 0.309 e.